The highest BCUT2D eigenvalue weighted by Gasteiger charge is 2.15. The Morgan fingerprint density at radius 3 is 2.48 bits per heavy atom. The number of anilines is 3. The maximum Gasteiger partial charge on any atom is 0.340 e. The number of thiazole rings is 1. The van der Waals surface area contributed by atoms with Gasteiger partial charge in [-0.25, -0.2) is 9.78 Å². The average Bonchev–Trinajstić information content (AvgIpc) is 3.28. The number of nitrogens with one attached hydrogen (secondary N) is 2. The molecule has 1 heterocycles. The predicted molar refractivity (Wildman–Crippen MR) is 132 cm³/mol. The molecule has 3 aromatic carbocycles. The van der Waals surface area contributed by atoms with Crippen LogP contribution in [0.3, 0.4) is 0 Å². The lowest BCUT2D eigenvalue weighted by molar-refractivity contribution is -0.119. The molecule has 0 aliphatic carbocycles. The number of carbonyl (C=O) groups is 2. The van der Waals surface area contributed by atoms with Gasteiger partial charge in [0.25, 0.3) is 5.91 Å². The maximum atomic E-state index is 12.6. The molecule has 0 atom stereocenters. The van der Waals surface area contributed by atoms with Crippen LogP contribution in [0.15, 0.2) is 78.2 Å². The first-order valence-electron chi connectivity index (χ1n) is 10.4. The molecule has 0 bridgehead atoms. The predicted octanol–water partition coefficient (Wildman–Crippen LogP) is 5.97. The summed E-state index contributed by atoms with van der Waals surface area (Å²) in [6.45, 7) is 3.70. The summed E-state index contributed by atoms with van der Waals surface area (Å²) in [6, 6.07) is 22.6. The van der Waals surface area contributed by atoms with Crippen molar-refractivity contribution in [2.75, 3.05) is 17.2 Å². The molecular weight excluding hydrogens is 434 g/mol. The Hall–Kier alpha value is -3.97. The van der Waals surface area contributed by atoms with Gasteiger partial charge in [-0.2, -0.15) is 0 Å². The van der Waals surface area contributed by atoms with Crippen molar-refractivity contribution in [3.63, 3.8) is 0 Å². The SMILES string of the molecule is Cc1ccc(-c2csc(NC(=O)COC(=O)c3ccccc3Nc3ccccc3)n2)cc1C. The van der Waals surface area contributed by atoms with E-state index in [0.717, 1.165) is 16.9 Å². The third kappa shape index (κ3) is 5.64. The summed E-state index contributed by atoms with van der Waals surface area (Å²) in [7, 11) is 0. The molecule has 1 amide bonds. The molecule has 166 valence electrons. The summed E-state index contributed by atoms with van der Waals surface area (Å²) < 4.78 is 5.25. The van der Waals surface area contributed by atoms with E-state index in [1.54, 1.807) is 18.2 Å². The molecule has 33 heavy (non-hydrogen) atoms. The van der Waals surface area contributed by atoms with Crippen LogP contribution in [0.2, 0.25) is 0 Å². The van der Waals surface area contributed by atoms with Crippen LogP contribution in [0, 0.1) is 13.8 Å². The van der Waals surface area contributed by atoms with Crippen molar-refractivity contribution in [3.8, 4) is 11.3 Å². The van der Waals surface area contributed by atoms with Crippen LogP contribution in [0.1, 0.15) is 21.5 Å². The Morgan fingerprint density at radius 1 is 0.939 bits per heavy atom. The fourth-order valence-electron chi connectivity index (χ4n) is 3.18. The van der Waals surface area contributed by atoms with Gasteiger partial charge in [-0.05, 0) is 55.3 Å². The van der Waals surface area contributed by atoms with Crippen molar-refractivity contribution in [1.29, 1.82) is 0 Å². The summed E-state index contributed by atoms with van der Waals surface area (Å²) in [5, 5.41) is 8.23. The van der Waals surface area contributed by atoms with Crippen LogP contribution in [0.25, 0.3) is 11.3 Å². The van der Waals surface area contributed by atoms with Gasteiger partial charge in [-0.15, -0.1) is 11.3 Å². The van der Waals surface area contributed by atoms with E-state index < -0.39 is 18.5 Å². The number of benzene rings is 3. The summed E-state index contributed by atoms with van der Waals surface area (Å²) in [5.74, 6) is -1.03. The number of ether oxygens (including phenoxy) is 1. The van der Waals surface area contributed by atoms with Gasteiger partial charge < -0.3 is 10.1 Å². The Bertz CT molecular complexity index is 1280. The Kier molecular flexibility index (Phi) is 6.80. The average molecular weight is 458 g/mol. The van der Waals surface area contributed by atoms with Crippen molar-refractivity contribution < 1.29 is 14.3 Å². The van der Waals surface area contributed by atoms with E-state index >= 15 is 0 Å². The number of rotatable bonds is 7. The Morgan fingerprint density at radius 2 is 1.70 bits per heavy atom. The molecule has 4 rings (SSSR count). The molecule has 0 unspecified atom stereocenters. The second-order valence-corrected chi connectivity index (χ2v) is 8.36. The molecule has 0 fully saturated rings. The molecule has 0 radical (unpaired) electrons. The second-order valence-electron chi connectivity index (χ2n) is 7.50. The molecule has 1 aromatic heterocycles. The molecule has 0 saturated carbocycles. The summed E-state index contributed by atoms with van der Waals surface area (Å²) in [4.78, 5) is 29.4. The maximum absolute atomic E-state index is 12.6. The lowest BCUT2D eigenvalue weighted by Crippen LogP contribution is -2.21. The zero-order valence-electron chi connectivity index (χ0n) is 18.3. The van der Waals surface area contributed by atoms with Crippen molar-refractivity contribution in [2.45, 2.75) is 13.8 Å². The number of hydrogen-bond acceptors (Lipinski definition) is 6. The van der Waals surface area contributed by atoms with Crippen molar-refractivity contribution in [1.82, 2.24) is 4.98 Å². The topological polar surface area (TPSA) is 80.3 Å². The second kappa shape index (κ2) is 10.1. The number of aromatic nitrogens is 1. The van der Waals surface area contributed by atoms with Gasteiger partial charge in [-0.3, -0.25) is 10.1 Å². The van der Waals surface area contributed by atoms with Crippen LogP contribution in [-0.4, -0.2) is 23.5 Å². The standard InChI is InChI=1S/C26H23N3O3S/c1-17-12-13-19(14-18(17)2)23-16-33-26(28-23)29-24(30)15-32-25(31)21-10-6-7-11-22(21)27-20-8-4-3-5-9-20/h3-14,16,27H,15H2,1-2H3,(H,28,29,30). The Balaban J connectivity index is 1.36. The normalized spacial score (nSPS) is 10.5. The minimum atomic E-state index is -0.584. The number of esters is 1. The van der Waals surface area contributed by atoms with E-state index in [9.17, 15) is 9.59 Å². The van der Waals surface area contributed by atoms with E-state index in [0.29, 0.717) is 16.4 Å². The fourth-order valence-corrected chi connectivity index (χ4v) is 3.91. The third-order valence-corrected chi connectivity index (χ3v) is 5.85. The molecule has 0 aliphatic heterocycles. The van der Waals surface area contributed by atoms with Crippen molar-refractivity contribution >= 4 is 39.7 Å². The number of carbonyl (C=O) groups excluding carboxylic acids is 2. The van der Waals surface area contributed by atoms with Crippen molar-refractivity contribution in [2.24, 2.45) is 0 Å². The first-order chi connectivity index (χ1) is 16.0. The summed E-state index contributed by atoms with van der Waals surface area (Å²) >= 11 is 1.32. The number of hydrogen-bond donors (Lipinski definition) is 2. The van der Waals surface area contributed by atoms with E-state index in [-0.39, 0.29) is 0 Å². The number of nitrogens with zero attached hydrogens (tertiary/aromatic N) is 1. The summed E-state index contributed by atoms with van der Waals surface area (Å²) in [5.41, 5.74) is 5.97. The van der Waals surface area contributed by atoms with Gasteiger partial charge >= 0.3 is 5.97 Å². The smallest absolute Gasteiger partial charge is 0.340 e. The largest absolute Gasteiger partial charge is 0.452 e. The van der Waals surface area contributed by atoms with Crippen LogP contribution < -0.4 is 10.6 Å². The van der Waals surface area contributed by atoms with E-state index in [1.165, 1.54) is 22.5 Å². The molecule has 0 spiro atoms. The van der Waals surface area contributed by atoms with Crippen molar-refractivity contribution in [3.05, 3.63) is 94.9 Å². The quantitative estimate of drug-likeness (QED) is 0.334. The van der Waals surface area contributed by atoms with Crippen LogP contribution in [-0.2, 0) is 9.53 Å². The summed E-state index contributed by atoms with van der Waals surface area (Å²) in [6.07, 6.45) is 0. The molecule has 0 saturated heterocycles. The van der Waals surface area contributed by atoms with Crippen LogP contribution in [0.4, 0.5) is 16.5 Å². The highest BCUT2D eigenvalue weighted by molar-refractivity contribution is 7.14. The minimum absolute atomic E-state index is 0.348. The molecule has 6 nitrogen and oxygen atoms in total. The molecule has 4 aromatic rings. The number of para-hydroxylation sites is 2. The fraction of sp³-hybridized carbons (Fsp3) is 0.115. The van der Waals surface area contributed by atoms with Gasteiger partial charge in [-0.1, -0.05) is 42.5 Å². The highest BCUT2D eigenvalue weighted by atomic mass is 32.1. The zero-order valence-corrected chi connectivity index (χ0v) is 19.1. The van der Waals surface area contributed by atoms with Crippen LogP contribution >= 0.6 is 11.3 Å². The number of aryl methyl sites for hydroxylation is 2. The Labute approximate surface area is 196 Å². The minimum Gasteiger partial charge on any atom is -0.452 e. The van der Waals surface area contributed by atoms with Gasteiger partial charge in [0.05, 0.1) is 16.9 Å². The molecule has 7 heteroatoms. The third-order valence-electron chi connectivity index (χ3n) is 5.09. The van der Waals surface area contributed by atoms with Gasteiger partial charge in [0.2, 0.25) is 0 Å². The lowest BCUT2D eigenvalue weighted by Gasteiger charge is -2.11. The van der Waals surface area contributed by atoms with E-state index in [2.05, 4.69) is 35.5 Å². The van der Waals surface area contributed by atoms with Gasteiger partial charge in [0.15, 0.2) is 11.7 Å². The highest BCUT2D eigenvalue weighted by Crippen LogP contribution is 2.26. The van der Waals surface area contributed by atoms with Gasteiger partial charge in [0.1, 0.15) is 0 Å². The van der Waals surface area contributed by atoms with Gasteiger partial charge in [0, 0.05) is 16.6 Å². The molecule has 0 aliphatic rings. The van der Waals surface area contributed by atoms with Crippen LogP contribution in [0.5, 0.6) is 0 Å². The lowest BCUT2D eigenvalue weighted by atomic mass is 10.1. The first-order valence-corrected chi connectivity index (χ1v) is 11.3. The molecule has 2 N–H and O–H groups in total. The van der Waals surface area contributed by atoms with E-state index in [1.807, 2.05) is 53.9 Å². The monoisotopic (exact) mass is 457 g/mol. The van der Waals surface area contributed by atoms with E-state index in [4.69, 9.17) is 4.74 Å². The zero-order chi connectivity index (χ0) is 23.2. The first kappa shape index (κ1) is 22.2. The number of amides is 1. The molecular formula is C26H23N3O3S.